The highest BCUT2D eigenvalue weighted by Gasteiger charge is 2.22. The van der Waals surface area contributed by atoms with E-state index in [4.69, 9.17) is 5.73 Å². The largest absolute Gasteiger partial charge is 0.328 e. The van der Waals surface area contributed by atoms with Crippen molar-refractivity contribution in [3.63, 3.8) is 0 Å². The van der Waals surface area contributed by atoms with Gasteiger partial charge >= 0.3 is 0 Å². The number of thiophene rings is 1. The smallest absolute Gasteiger partial charge is 0.0112 e. The van der Waals surface area contributed by atoms with Gasteiger partial charge in [-0.05, 0) is 57.0 Å². The monoisotopic (exact) mass is 266 g/mol. The second-order valence-electron chi connectivity index (χ2n) is 5.86. The van der Waals surface area contributed by atoms with Gasteiger partial charge in [-0.1, -0.05) is 12.5 Å². The summed E-state index contributed by atoms with van der Waals surface area (Å²) in [5, 5.41) is 2.17. The third kappa shape index (κ3) is 4.08. The number of nitrogens with zero attached hydrogens (tertiary/aromatic N) is 1. The molecule has 1 aliphatic carbocycles. The molecule has 1 aromatic rings. The van der Waals surface area contributed by atoms with E-state index in [9.17, 15) is 0 Å². The third-order valence-electron chi connectivity index (χ3n) is 4.20. The maximum atomic E-state index is 6.07. The highest BCUT2D eigenvalue weighted by molar-refractivity contribution is 7.09. The molecule has 0 saturated heterocycles. The molecule has 2 nitrogen and oxygen atoms in total. The molecule has 102 valence electrons. The Labute approximate surface area is 115 Å². The lowest BCUT2D eigenvalue weighted by molar-refractivity contribution is 0.183. The van der Waals surface area contributed by atoms with Gasteiger partial charge in [0, 0.05) is 23.5 Å². The van der Waals surface area contributed by atoms with Crippen LogP contribution in [-0.2, 0) is 6.42 Å². The highest BCUT2D eigenvalue weighted by atomic mass is 32.1. The molecule has 0 radical (unpaired) electrons. The molecule has 2 rings (SSSR count). The Balaban J connectivity index is 1.77. The molecule has 1 aliphatic rings. The summed E-state index contributed by atoms with van der Waals surface area (Å²) in [4.78, 5) is 4.01. The summed E-state index contributed by atoms with van der Waals surface area (Å²) in [5.74, 6) is 0.810. The second kappa shape index (κ2) is 6.69. The summed E-state index contributed by atoms with van der Waals surface area (Å²) in [6.07, 6.45) is 6.30. The molecule has 1 heterocycles. The minimum absolute atomic E-state index is 0.449. The van der Waals surface area contributed by atoms with Crippen molar-refractivity contribution in [3.05, 3.63) is 22.4 Å². The van der Waals surface area contributed by atoms with Crippen molar-refractivity contribution in [2.24, 2.45) is 11.7 Å². The lowest BCUT2D eigenvalue weighted by Gasteiger charge is -2.33. The van der Waals surface area contributed by atoms with Gasteiger partial charge in [0.25, 0.3) is 0 Å². The Bertz CT molecular complexity index is 336. The van der Waals surface area contributed by atoms with Gasteiger partial charge in [-0.2, -0.15) is 0 Å². The molecule has 3 heteroatoms. The summed E-state index contributed by atoms with van der Waals surface area (Å²) in [6.45, 7) is 3.54. The molecule has 0 amide bonds. The van der Waals surface area contributed by atoms with Gasteiger partial charge < -0.3 is 10.6 Å². The van der Waals surface area contributed by atoms with Crippen LogP contribution in [0.4, 0.5) is 0 Å². The van der Waals surface area contributed by atoms with E-state index in [1.807, 2.05) is 11.3 Å². The zero-order chi connectivity index (χ0) is 13.0. The van der Waals surface area contributed by atoms with E-state index in [0.29, 0.717) is 12.1 Å². The van der Waals surface area contributed by atoms with Crippen molar-refractivity contribution in [1.82, 2.24) is 4.90 Å². The first-order valence-electron chi connectivity index (χ1n) is 7.13. The van der Waals surface area contributed by atoms with E-state index in [-0.39, 0.29) is 0 Å². The van der Waals surface area contributed by atoms with E-state index < -0.39 is 0 Å². The minimum atomic E-state index is 0.449. The molecular weight excluding hydrogens is 240 g/mol. The van der Waals surface area contributed by atoms with E-state index in [2.05, 4.69) is 36.4 Å². The average Bonchev–Trinajstić information content (AvgIpc) is 2.81. The average molecular weight is 266 g/mol. The van der Waals surface area contributed by atoms with Crippen molar-refractivity contribution in [3.8, 4) is 0 Å². The van der Waals surface area contributed by atoms with Gasteiger partial charge in [0.1, 0.15) is 0 Å². The van der Waals surface area contributed by atoms with Crippen LogP contribution in [-0.4, -0.2) is 30.6 Å². The van der Waals surface area contributed by atoms with E-state index in [1.54, 1.807) is 0 Å². The number of nitrogens with two attached hydrogens (primary N) is 1. The molecule has 0 bridgehead atoms. The summed E-state index contributed by atoms with van der Waals surface area (Å²) >= 11 is 1.87. The first-order chi connectivity index (χ1) is 8.65. The topological polar surface area (TPSA) is 29.3 Å². The van der Waals surface area contributed by atoms with Crippen molar-refractivity contribution in [1.29, 1.82) is 0 Å². The Hall–Kier alpha value is -0.380. The van der Waals surface area contributed by atoms with Gasteiger partial charge in [0.15, 0.2) is 0 Å². The van der Waals surface area contributed by atoms with Crippen molar-refractivity contribution in [2.75, 3.05) is 13.6 Å². The van der Waals surface area contributed by atoms with Gasteiger partial charge in [0.2, 0.25) is 0 Å². The molecule has 0 spiro atoms. The van der Waals surface area contributed by atoms with Crippen LogP contribution < -0.4 is 5.73 Å². The van der Waals surface area contributed by atoms with Crippen LogP contribution in [0.25, 0.3) is 0 Å². The van der Waals surface area contributed by atoms with Crippen LogP contribution in [0.1, 0.15) is 37.5 Å². The Morgan fingerprint density at radius 1 is 1.50 bits per heavy atom. The fourth-order valence-corrected chi connectivity index (χ4v) is 3.79. The third-order valence-corrected chi connectivity index (χ3v) is 5.10. The molecule has 1 fully saturated rings. The summed E-state index contributed by atoms with van der Waals surface area (Å²) in [5.41, 5.74) is 6.07. The molecular formula is C15H26N2S. The van der Waals surface area contributed by atoms with Crippen LogP contribution in [0.2, 0.25) is 0 Å². The van der Waals surface area contributed by atoms with Crippen LogP contribution in [0.3, 0.4) is 0 Å². The van der Waals surface area contributed by atoms with Crippen LogP contribution in [0, 0.1) is 5.92 Å². The maximum Gasteiger partial charge on any atom is 0.0112 e. The van der Waals surface area contributed by atoms with Crippen LogP contribution in [0.5, 0.6) is 0 Å². The lowest BCUT2D eigenvalue weighted by Crippen LogP contribution is -2.38. The molecule has 2 N–H and O–H groups in total. The molecule has 18 heavy (non-hydrogen) atoms. The number of likely N-dealkylation sites (N-methyl/N-ethyl adjacent to an activating group) is 1. The zero-order valence-electron chi connectivity index (χ0n) is 11.6. The fourth-order valence-electron chi connectivity index (χ4n) is 2.96. The number of rotatable bonds is 5. The molecule has 3 unspecified atom stereocenters. The van der Waals surface area contributed by atoms with Crippen LogP contribution in [0.15, 0.2) is 17.5 Å². The predicted octanol–water partition coefficient (Wildman–Crippen LogP) is 3.13. The highest BCUT2D eigenvalue weighted by Crippen LogP contribution is 2.24. The number of hydrogen-bond acceptors (Lipinski definition) is 3. The van der Waals surface area contributed by atoms with E-state index in [1.165, 1.54) is 43.5 Å². The summed E-state index contributed by atoms with van der Waals surface area (Å²) in [6, 6.07) is 5.46. The molecule has 0 aliphatic heterocycles. The van der Waals surface area contributed by atoms with Crippen molar-refractivity contribution >= 4 is 11.3 Å². The minimum Gasteiger partial charge on any atom is -0.328 e. The standard InChI is InChI=1S/C15H26N2S/c1-12(9-15-7-4-8-18-15)17(2)11-13-5-3-6-14(16)10-13/h4,7-8,12-14H,3,5-6,9-11,16H2,1-2H3. The molecule has 1 saturated carbocycles. The maximum absolute atomic E-state index is 6.07. The number of hydrogen-bond donors (Lipinski definition) is 1. The van der Waals surface area contributed by atoms with Crippen molar-refractivity contribution in [2.45, 2.75) is 51.1 Å². The first-order valence-corrected chi connectivity index (χ1v) is 8.01. The second-order valence-corrected chi connectivity index (χ2v) is 6.90. The molecule has 1 aromatic heterocycles. The molecule has 3 atom stereocenters. The first kappa shape index (κ1) is 14.0. The van der Waals surface area contributed by atoms with Crippen LogP contribution >= 0.6 is 11.3 Å². The summed E-state index contributed by atoms with van der Waals surface area (Å²) in [7, 11) is 2.26. The predicted molar refractivity (Wildman–Crippen MR) is 80.0 cm³/mol. The summed E-state index contributed by atoms with van der Waals surface area (Å²) < 4.78 is 0. The van der Waals surface area contributed by atoms with Crippen molar-refractivity contribution < 1.29 is 0 Å². The Morgan fingerprint density at radius 2 is 2.33 bits per heavy atom. The van der Waals surface area contributed by atoms with Gasteiger partial charge in [-0.3, -0.25) is 0 Å². The van der Waals surface area contributed by atoms with Gasteiger partial charge in [-0.15, -0.1) is 11.3 Å². The van der Waals surface area contributed by atoms with E-state index in [0.717, 1.165) is 5.92 Å². The fraction of sp³-hybridized carbons (Fsp3) is 0.733. The Morgan fingerprint density at radius 3 is 3.00 bits per heavy atom. The molecule has 0 aromatic carbocycles. The quantitative estimate of drug-likeness (QED) is 0.887. The van der Waals surface area contributed by atoms with Gasteiger partial charge in [-0.25, -0.2) is 0 Å². The normalized spacial score (nSPS) is 26.4. The van der Waals surface area contributed by atoms with E-state index >= 15 is 0 Å². The lowest BCUT2D eigenvalue weighted by atomic mass is 9.85. The zero-order valence-corrected chi connectivity index (χ0v) is 12.5. The SMILES string of the molecule is CC(Cc1cccs1)N(C)CC1CCCC(N)C1. The Kier molecular flexibility index (Phi) is 5.22. The van der Waals surface area contributed by atoms with Gasteiger partial charge in [0.05, 0.1) is 0 Å².